The molecule has 0 aromatic heterocycles. The maximum atomic E-state index is 12.6. The molecule has 1 saturated heterocycles. The van der Waals surface area contributed by atoms with Gasteiger partial charge in [0.2, 0.25) is 0 Å². The summed E-state index contributed by atoms with van der Waals surface area (Å²) in [6, 6.07) is 4.91. The molecule has 1 N–H and O–H groups in total. The minimum Gasteiger partial charge on any atom is -0.385 e. The predicted octanol–water partition coefficient (Wildman–Crippen LogP) is 3.64. The maximum absolute atomic E-state index is 12.6. The van der Waals surface area contributed by atoms with Gasteiger partial charge in [-0.3, -0.25) is 0 Å². The van der Waals surface area contributed by atoms with E-state index in [1.807, 2.05) is 0 Å². The highest BCUT2D eigenvalue weighted by Crippen LogP contribution is 2.35. The van der Waals surface area contributed by atoms with E-state index in [0.717, 1.165) is 31.8 Å². The number of hydrogen-bond acceptors (Lipinski definition) is 2. The van der Waals surface area contributed by atoms with Crippen LogP contribution in [0.4, 0.5) is 13.2 Å². The second-order valence-electron chi connectivity index (χ2n) is 6.30. The van der Waals surface area contributed by atoms with Gasteiger partial charge in [0.25, 0.3) is 0 Å². The Hall–Kier alpha value is -1.07. The SMILES string of the molecule is CC(C)CN1CCC(O)(c2ccc(C(F)(F)F)cc2)CC1. The number of rotatable bonds is 3. The number of benzene rings is 1. The van der Waals surface area contributed by atoms with Crippen LogP contribution in [0.15, 0.2) is 24.3 Å². The van der Waals surface area contributed by atoms with E-state index in [-0.39, 0.29) is 0 Å². The Morgan fingerprint density at radius 3 is 2.10 bits per heavy atom. The number of hydrogen-bond donors (Lipinski definition) is 1. The lowest BCUT2D eigenvalue weighted by Gasteiger charge is -2.39. The van der Waals surface area contributed by atoms with Crippen LogP contribution in [0.3, 0.4) is 0 Å². The van der Waals surface area contributed by atoms with Gasteiger partial charge in [-0.05, 0) is 36.5 Å². The van der Waals surface area contributed by atoms with Crippen molar-refractivity contribution in [2.24, 2.45) is 5.92 Å². The molecule has 0 bridgehead atoms. The second-order valence-corrected chi connectivity index (χ2v) is 6.30. The lowest BCUT2D eigenvalue weighted by atomic mass is 9.84. The van der Waals surface area contributed by atoms with Gasteiger partial charge < -0.3 is 10.0 Å². The third-order valence-corrected chi connectivity index (χ3v) is 4.06. The van der Waals surface area contributed by atoms with Gasteiger partial charge in [-0.25, -0.2) is 0 Å². The van der Waals surface area contributed by atoms with Crippen LogP contribution in [0, 0.1) is 5.92 Å². The summed E-state index contributed by atoms with van der Waals surface area (Å²) in [7, 11) is 0. The van der Waals surface area contributed by atoms with Crippen molar-refractivity contribution in [2.45, 2.75) is 38.5 Å². The fourth-order valence-corrected chi connectivity index (χ4v) is 2.88. The first-order chi connectivity index (χ1) is 9.71. The molecule has 21 heavy (non-hydrogen) atoms. The van der Waals surface area contributed by atoms with Crippen LogP contribution in [-0.4, -0.2) is 29.6 Å². The van der Waals surface area contributed by atoms with Crippen molar-refractivity contribution in [1.29, 1.82) is 0 Å². The van der Waals surface area contributed by atoms with Gasteiger partial charge in [0.05, 0.1) is 11.2 Å². The Morgan fingerprint density at radius 2 is 1.67 bits per heavy atom. The number of halogens is 3. The van der Waals surface area contributed by atoms with Gasteiger partial charge >= 0.3 is 6.18 Å². The minimum atomic E-state index is -4.33. The third kappa shape index (κ3) is 3.98. The van der Waals surface area contributed by atoms with Crippen molar-refractivity contribution in [3.63, 3.8) is 0 Å². The standard InChI is InChI=1S/C16H22F3NO/c1-12(2)11-20-9-7-15(21,8-10-20)13-3-5-14(6-4-13)16(17,18)19/h3-6,12,21H,7-11H2,1-2H3. The van der Waals surface area contributed by atoms with Gasteiger partial charge in [-0.2, -0.15) is 13.2 Å². The number of aliphatic hydroxyl groups is 1. The van der Waals surface area contributed by atoms with Gasteiger partial charge in [-0.1, -0.05) is 26.0 Å². The first-order valence-corrected chi connectivity index (χ1v) is 7.33. The molecule has 0 atom stereocenters. The first-order valence-electron chi connectivity index (χ1n) is 7.33. The van der Waals surface area contributed by atoms with Crippen molar-refractivity contribution >= 4 is 0 Å². The van der Waals surface area contributed by atoms with E-state index < -0.39 is 17.3 Å². The Balaban J connectivity index is 2.05. The molecule has 0 unspecified atom stereocenters. The molecule has 5 heteroatoms. The highest BCUT2D eigenvalue weighted by atomic mass is 19.4. The van der Waals surface area contributed by atoms with Gasteiger partial charge in [0, 0.05) is 19.6 Å². The lowest BCUT2D eigenvalue weighted by molar-refractivity contribution is -0.137. The molecule has 0 aliphatic carbocycles. The van der Waals surface area contributed by atoms with Crippen LogP contribution in [0.5, 0.6) is 0 Å². The van der Waals surface area contributed by atoms with Crippen molar-refractivity contribution in [3.05, 3.63) is 35.4 Å². The third-order valence-electron chi connectivity index (χ3n) is 4.06. The fourth-order valence-electron chi connectivity index (χ4n) is 2.88. The maximum Gasteiger partial charge on any atom is 0.416 e. The van der Waals surface area contributed by atoms with Crippen LogP contribution in [0.25, 0.3) is 0 Å². The lowest BCUT2D eigenvalue weighted by Crippen LogP contribution is -2.43. The van der Waals surface area contributed by atoms with E-state index in [2.05, 4.69) is 18.7 Å². The van der Waals surface area contributed by atoms with E-state index in [4.69, 9.17) is 0 Å². The highest BCUT2D eigenvalue weighted by Gasteiger charge is 2.35. The molecule has 0 amide bonds. The molecule has 1 aromatic carbocycles. The van der Waals surface area contributed by atoms with Crippen molar-refractivity contribution in [1.82, 2.24) is 4.90 Å². The quantitative estimate of drug-likeness (QED) is 0.921. The Kier molecular flexibility index (Phi) is 4.63. The zero-order valence-electron chi connectivity index (χ0n) is 12.5. The van der Waals surface area contributed by atoms with E-state index >= 15 is 0 Å². The summed E-state index contributed by atoms with van der Waals surface area (Å²) < 4.78 is 37.7. The molecule has 1 aliphatic heterocycles. The molecule has 118 valence electrons. The molecule has 0 saturated carbocycles. The molecule has 1 heterocycles. The Labute approximate surface area is 123 Å². The molecule has 1 aliphatic rings. The summed E-state index contributed by atoms with van der Waals surface area (Å²) in [5.74, 6) is 0.572. The molecule has 2 rings (SSSR count). The molecule has 2 nitrogen and oxygen atoms in total. The number of likely N-dealkylation sites (tertiary alicyclic amines) is 1. The minimum absolute atomic E-state index is 0.561. The van der Waals surface area contributed by atoms with E-state index in [1.165, 1.54) is 12.1 Å². The summed E-state index contributed by atoms with van der Waals surface area (Å²) in [6.07, 6.45) is -3.21. The zero-order valence-corrected chi connectivity index (χ0v) is 12.5. The van der Waals surface area contributed by atoms with Gasteiger partial charge in [-0.15, -0.1) is 0 Å². The number of alkyl halides is 3. The molecular weight excluding hydrogens is 279 g/mol. The summed E-state index contributed by atoms with van der Waals surface area (Å²) in [5, 5.41) is 10.7. The average molecular weight is 301 g/mol. The average Bonchev–Trinajstić information content (AvgIpc) is 2.40. The van der Waals surface area contributed by atoms with Gasteiger partial charge in [0.1, 0.15) is 0 Å². The molecular formula is C16H22F3NO. The molecule has 0 spiro atoms. The fraction of sp³-hybridized carbons (Fsp3) is 0.625. The smallest absolute Gasteiger partial charge is 0.385 e. The topological polar surface area (TPSA) is 23.5 Å². The Bertz CT molecular complexity index is 459. The predicted molar refractivity (Wildman–Crippen MR) is 75.9 cm³/mol. The molecule has 1 aromatic rings. The van der Waals surface area contributed by atoms with Crippen LogP contribution in [-0.2, 0) is 11.8 Å². The monoisotopic (exact) mass is 301 g/mol. The van der Waals surface area contributed by atoms with Crippen LogP contribution >= 0.6 is 0 Å². The van der Waals surface area contributed by atoms with E-state index in [0.29, 0.717) is 24.3 Å². The Morgan fingerprint density at radius 1 is 1.14 bits per heavy atom. The van der Waals surface area contributed by atoms with Crippen LogP contribution < -0.4 is 0 Å². The van der Waals surface area contributed by atoms with Crippen LogP contribution in [0.1, 0.15) is 37.8 Å². The number of nitrogens with zero attached hydrogens (tertiary/aromatic N) is 1. The zero-order chi connectivity index (χ0) is 15.7. The summed E-state index contributed by atoms with van der Waals surface area (Å²) >= 11 is 0. The van der Waals surface area contributed by atoms with Crippen molar-refractivity contribution < 1.29 is 18.3 Å². The van der Waals surface area contributed by atoms with Crippen LogP contribution in [0.2, 0.25) is 0 Å². The van der Waals surface area contributed by atoms with Gasteiger partial charge in [0.15, 0.2) is 0 Å². The largest absolute Gasteiger partial charge is 0.416 e. The summed E-state index contributed by atoms with van der Waals surface area (Å²) in [4.78, 5) is 2.29. The summed E-state index contributed by atoms with van der Waals surface area (Å²) in [5.41, 5.74) is -1.09. The number of piperidine rings is 1. The summed E-state index contributed by atoms with van der Waals surface area (Å²) in [6.45, 7) is 6.84. The first kappa shape index (κ1) is 16.3. The normalized spacial score (nSPS) is 20.0. The van der Waals surface area contributed by atoms with E-state index in [1.54, 1.807) is 0 Å². The van der Waals surface area contributed by atoms with Crippen molar-refractivity contribution in [3.8, 4) is 0 Å². The van der Waals surface area contributed by atoms with E-state index in [9.17, 15) is 18.3 Å². The second kappa shape index (κ2) is 5.97. The highest BCUT2D eigenvalue weighted by molar-refractivity contribution is 5.29. The van der Waals surface area contributed by atoms with Crippen molar-refractivity contribution in [2.75, 3.05) is 19.6 Å². The molecule has 0 radical (unpaired) electrons. The molecule has 1 fully saturated rings.